The highest BCUT2D eigenvalue weighted by Gasteiger charge is 2.54. The smallest absolute Gasteiger partial charge is 0.151 e. The van der Waals surface area contributed by atoms with Gasteiger partial charge in [-0.1, -0.05) is 76.6 Å². The Morgan fingerprint density at radius 2 is 1.56 bits per heavy atom. The van der Waals surface area contributed by atoms with Crippen molar-refractivity contribution in [2.24, 2.45) is 17.8 Å². The molecule has 0 aromatic heterocycles. The van der Waals surface area contributed by atoms with Gasteiger partial charge in [0.15, 0.2) is 8.24 Å². The topological polar surface area (TPSA) is 12.0 Å². The fourth-order valence-corrected chi connectivity index (χ4v) is 12.3. The number of allylic oxidation sites excluding steroid dienone is 1. The molecule has 1 heterocycles. The van der Waals surface area contributed by atoms with Crippen LogP contribution in [0.2, 0.25) is 18.6 Å². The van der Waals surface area contributed by atoms with Crippen molar-refractivity contribution in [3.8, 4) is 0 Å². The van der Waals surface area contributed by atoms with E-state index in [2.05, 4.69) is 111 Å². The van der Waals surface area contributed by atoms with Crippen molar-refractivity contribution >= 4 is 41.6 Å². The summed E-state index contributed by atoms with van der Waals surface area (Å²) >= 11 is 5.85. The fourth-order valence-electron chi connectivity index (χ4n) is 5.38. The Kier molecular flexibility index (Phi) is 6.30. The van der Waals surface area contributed by atoms with Crippen LogP contribution in [0.4, 0.5) is 5.69 Å². The summed E-state index contributed by atoms with van der Waals surface area (Å²) in [7, 11) is -1.70. The highest BCUT2D eigenvalue weighted by Crippen LogP contribution is 2.58. The Balaban J connectivity index is 2.01. The normalized spacial score (nSPS) is 30.4. The van der Waals surface area contributed by atoms with Crippen molar-refractivity contribution in [3.05, 3.63) is 39.2 Å². The summed E-state index contributed by atoms with van der Waals surface area (Å²) in [6, 6.07) is 4.66. The number of hydrogen-bond donors (Lipinski definition) is 1. The van der Waals surface area contributed by atoms with Crippen LogP contribution < -0.4 is 4.98 Å². The first-order chi connectivity index (χ1) is 12.5. The second-order valence-corrected chi connectivity index (χ2v) is 16.2. The SMILES string of the molecule is CC(C)c1cc(Br)cc(C(C)C)c1N[Si](C)(C)C1C(C)C(C)C2C=CSC21. The molecule has 0 bridgehead atoms. The fraction of sp³-hybridized carbons (Fsp3) is 0.652. The van der Waals surface area contributed by atoms with E-state index in [0.717, 1.165) is 28.5 Å². The van der Waals surface area contributed by atoms with Gasteiger partial charge in [0.05, 0.1) is 0 Å². The third-order valence-electron chi connectivity index (χ3n) is 6.96. The van der Waals surface area contributed by atoms with E-state index >= 15 is 0 Å². The van der Waals surface area contributed by atoms with E-state index in [9.17, 15) is 0 Å². The number of thioether (sulfide) groups is 1. The number of anilines is 1. The molecule has 1 nitrogen and oxygen atoms in total. The van der Waals surface area contributed by atoms with Gasteiger partial charge in [-0.15, -0.1) is 11.8 Å². The maximum absolute atomic E-state index is 4.23. The number of rotatable bonds is 5. The molecule has 27 heavy (non-hydrogen) atoms. The Labute approximate surface area is 180 Å². The van der Waals surface area contributed by atoms with E-state index in [-0.39, 0.29) is 0 Å². The summed E-state index contributed by atoms with van der Waals surface area (Å²) < 4.78 is 1.21. The molecule has 0 saturated heterocycles. The molecule has 1 aromatic carbocycles. The van der Waals surface area contributed by atoms with Crippen LogP contribution in [0, 0.1) is 17.8 Å². The molecule has 3 rings (SSSR count). The summed E-state index contributed by atoms with van der Waals surface area (Å²) in [6.07, 6.45) is 2.49. The molecular weight excluding hydrogens is 430 g/mol. The summed E-state index contributed by atoms with van der Waals surface area (Å²) in [5.41, 5.74) is 5.14. The van der Waals surface area contributed by atoms with Crippen LogP contribution in [0.1, 0.15) is 64.5 Å². The van der Waals surface area contributed by atoms with Gasteiger partial charge in [-0.05, 0) is 63.8 Å². The lowest BCUT2D eigenvalue weighted by Crippen LogP contribution is -2.47. The first kappa shape index (κ1) is 21.5. The van der Waals surface area contributed by atoms with Gasteiger partial charge in [0, 0.05) is 15.4 Å². The molecule has 2 aliphatic rings. The van der Waals surface area contributed by atoms with Gasteiger partial charge < -0.3 is 4.98 Å². The predicted molar refractivity (Wildman–Crippen MR) is 130 cm³/mol. The number of fused-ring (bicyclic) bond motifs is 1. The molecule has 1 fully saturated rings. The van der Waals surface area contributed by atoms with Crippen LogP contribution >= 0.6 is 27.7 Å². The molecule has 4 heteroatoms. The third kappa shape index (κ3) is 3.96. The van der Waals surface area contributed by atoms with E-state index in [0.29, 0.717) is 11.8 Å². The molecule has 1 aliphatic heterocycles. The molecule has 0 radical (unpaired) electrons. The Bertz CT molecular complexity index is 698. The zero-order valence-corrected chi connectivity index (χ0v) is 21.5. The molecule has 1 saturated carbocycles. The van der Waals surface area contributed by atoms with E-state index in [1.54, 1.807) is 0 Å². The van der Waals surface area contributed by atoms with Gasteiger partial charge >= 0.3 is 0 Å². The highest BCUT2D eigenvalue weighted by molar-refractivity contribution is 9.10. The van der Waals surface area contributed by atoms with Gasteiger partial charge in [-0.3, -0.25) is 0 Å². The van der Waals surface area contributed by atoms with E-state index in [4.69, 9.17) is 0 Å². The Morgan fingerprint density at radius 3 is 2.07 bits per heavy atom. The average Bonchev–Trinajstić information content (AvgIpc) is 3.11. The van der Waals surface area contributed by atoms with Crippen molar-refractivity contribution < 1.29 is 0 Å². The summed E-state index contributed by atoms with van der Waals surface area (Å²) in [6.45, 7) is 19.4. The van der Waals surface area contributed by atoms with Crippen molar-refractivity contribution in [2.75, 3.05) is 4.98 Å². The largest absolute Gasteiger partial charge is 0.410 e. The first-order valence-electron chi connectivity index (χ1n) is 10.5. The maximum Gasteiger partial charge on any atom is 0.151 e. The molecule has 1 N–H and O–H groups in total. The number of hydrogen-bond acceptors (Lipinski definition) is 2. The van der Waals surface area contributed by atoms with Crippen molar-refractivity contribution in [3.63, 3.8) is 0 Å². The lowest BCUT2D eigenvalue weighted by molar-refractivity contribution is 0.406. The quantitative estimate of drug-likeness (QED) is 0.439. The minimum absolute atomic E-state index is 0.516. The molecule has 5 atom stereocenters. The zero-order chi connectivity index (χ0) is 20.1. The van der Waals surface area contributed by atoms with Crippen molar-refractivity contribution in [1.29, 1.82) is 0 Å². The van der Waals surface area contributed by atoms with E-state index < -0.39 is 8.24 Å². The second kappa shape index (κ2) is 7.91. The standard InChI is InChI=1S/C23H36BrNSSi/c1-13(2)19-11-17(24)12-20(14(3)4)21(19)25-27(7,8)23-16(6)15(5)18-9-10-26-22(18)23/h9-16,18,22-23,25H,1-8H3. The lowest BCUT2D eigenvalue weighted by Gasteiger charge is -2.39. The summed E-state index contributed by atoms with van der Waals surface area (Å²) in [5, 5.41) is 3.14. The predicted octanol–water partition coefficient (Wildman–Crippen LogP) is 8.21. The Morgan fingerprint density at radius 1 is 1.00 bits per heavy atom. The minimum atomic E-state index is -1.70. The van der Waals surface area contributed by atoms with Gasteiger partial charge in [0.1, 0.15) is 0 Å². The third-order valence-corrected chi connectivity index (χ3v) is 12.3. The van der Waals surface area contributed by atoms with Crippen LogP contribution in [-0.2, 0) is 0 Å². The monoisotopic (exact) mass is 465 g/mol. The van der Waals surface area contributed by atoms with Crippen LogP contribution in [0.15, 0.2) is 28.1 Å². The molecule has 1 aliphatic carbocycles. The molecule has 5 unspecified atom stereocenters. The highest BCUT2D eigenvalue weighted by atomic mass is 79.9. The zero-order valence-electron chi connectivity index (χ0n) is 18.1. The lowest BCUT2D eigenvalue weighted by atomic mass is 9.93. The van der Waals surface area contributed by atoms with Crippen molar-refractivity contribution in [2.45, 2.75) is 77.3 Å². The van der Waals surface area contributed by atoms with Crippen molar-refractivity contribution in [1.82, 2.24) is 0 Å². The average molecular weight is 467 g/mol. The van der Waals surface area contributed by atoms with E-state index in [1.807, 2.05) is 0 Å². The number of benzene rings is 1. The van der Waals surface area contributed by atoms with Gasteiger partial charge in [-0.25, -0.2) is 0 Å². The van der Waals surface area contributed by atoms with E-state index in [1.165, 1.54) is 21.3 Å². The van der Waals surface area contributed by atoms with Crippen LogP contribution in [0.5, 0.6) is 0 Å². The second-order valence-electron chi connectivity index (χ2n) is 9.87. The van der Waals surface area contributed by atoms with Crippen LogP contribution in [0.25, 0.3) is 0 Å². The molecule has 0 spiro atoms. The molecule has 150 valence electrons. The molecule has 1 aromatic rings. The van der Waals surface area contributed by atoms with Crippen LogP contribution in [-0.4, -0.2) is 13.5 Å². The summed E-state index contributed by atoms with van der Waals surface area (Å²) in [4.78, 5) is 4.23. The first-order valence-corrected chi connectivity index (χ1v) is 15.3. The van der Waals surface area contributed by atoms with Gasteiger partial charge in [-0.2, -0.15) is 0 Å². The van der Waals surface area contributed by atoms with Gasteiger partial charge in [0.25, 0.3) is 0 Å². The maximum atomic E-state index is 4.23. The summed E-state index contributed by atoms with van der Waals surface area (Å²) in [5.74, 6) is 3.37. The molecular formula is C23H36BrNSSi. The molecule has 0 amide bonds. The van der Waals surface area contributed by atoms with Crippen LogP contribution in [0.3, 0.4) is 0 Å². The minimum Gasteiger partial charge on any atom is -0.410 e. The number of halogens is 1. The van der Waals surface area contributed by atoms with Gasteiger partial charge in [0.2, 0.25) is 0 Å². The number of nitrogens with one attached hydrogen (secondary N) is 1. The Hall–Kier alpha value is -0.193.